The van der Waals surface area contributed by atoms with E-state index in [0.717, 1.165) is 76.0 Å². The molecule has 2 N–H and O–H groups in total. The molecule has 0 spiro atoms. The Hall–Kier alpha value is -2.35. The number of nitrogens with zero attached hydrogens (tertiary/aromatic N) is 5. The summed E-state index contributed by atoms with van der Waals surface area (Å²) in [6.07, 6.45) is 5.59. The van der Waals surface area contributed by atoms with Crippen LogP contribution in [0.1, 0.15) is 30.3 Å². The molecule has 0 bridgehead atoms. The number of aryl methyl sites for hydroxylation is 2. The maximum absolute atomic E-state index is 4.91. The van der Waals surface area contributed by atoms with Crippen molar-refractivity contribution in [1.82, 2.24) is 30.5 Å². The number of nitrogens with one attached hydrogen (secondary N) is 2. The van der Waals surface area contributed by atoms with Gasteiger partial charge in [-0.15, -0.1) is 0 Å². The topological polar surface area (TPSA) is 85.6 Å². The summed E-state index contributed by atoms with van der Waals surface area (Å²) < 4.78 is 4.91. The number of piperazine rings is 1. The lowest BCUT2D eigenvalue weighted by Gasteiger charge is -2.36. The van der Waals surface area contributed by atoms with Crippen LogP contribution in [0.5, 0.6) is 0 Å². The van der Waals surface area contributed by atoms with E-state index in [1.807, 2.05) is 12.3 Å². The van der Waals surface area contributed by atoms with Gasteiger partial charge in [0.05, 0.1) is 11.9 Å². The van der Waals surface area contributed by atoms with Gasteiger partial charge >= 0.3 is 0 Å². The summed E-state index contributed by atoms with van der Waals surface area (Å²) in [7, 11) is 0. The predicted octanol–water partition coefficient (Wildman–Crippen LogP) is 1.42. The van der Waals surface area contributed by atoms with Gasteiger partial charge in [-0.1, -0.05) is 5.16 Å². The van der Waals surface area contributed by atoms with Crippen LogP contribution in [0.25, 0.3) is 0 Å². The molecule has 0 aromatic carbocycles. The molecular weight excluding hydrogens is 330 g/mol. The van der Waals surface area contributed by atoms with Crippen LogP contribution in [0.3, 0.4) is 0 Å². The van der Waals surface area contributed by atoms with Gasteiger partial charge in [-0.3, -0.25) is 15.0 Å². The number of H-pyrrole nitrogens is 1. The van der Waals surface area contributed by atoms with Crippen molar-refractivity contribution >= 4 is 5.96 Å². The van der Waals surface area contributed by atoms with Gasteiger partial charge in [0.15, 0.2) is 5.96 Å². The molecular formula is C18H29N7O. The third-order valence-corrected chi connectivity index (χ3v) is 4.68. The molecule has 0 saturated carbocycles. The van der Waals surface area contributed by atoms with E-state index >= 15 is 0 Å². The Balaban J connectivity index is 1.45. The fourth-order valence-corrected chi connectivity index (χ4v) is 3.17. The lowest BCUT2D eigenvalue weighted by Crippen LogP contribution is -2.52. The van der Waals surface area contributed by atoms with Crippen LogP contribution in [0.15, 0.2) is 28.0 Å². The number of guanidine groups is 1. The molecule has 1 aliphatic rings. The maximum atomic E-state index is 4.91. The molecule has 142 valence electrons. The lowest BCUT2D eigenvalue weighted by molar-refractivity contribution is 0.169. The quantitative estimate of drug-likeness (QED) is 0.442. The Morgan fingerprint density at radius 1 is 1.35 bits per heavy atom. The standard InChI is InChI=1S/C18H29N7O/c1-3-19-18(20-7-4-5-16-13-21-22-15(16)2)25-10-8-24(9-11-25)14-17-6-12-26-23-17/h6,12-13H,3-5,7-11,14H2,1-2H3,(H,19,20)(H,21,22). The smallest absolute Gasteiger partial charge is 0.194 e. The largest absolute Gasteiger partial charge is 0.364 e. The molecule has 3 heterocycles. The van der Waals surface area contributed by atoms with Crippen molar-refractivity contribution in [3.05, 3.63) is 35.5 Å². The fourth-order valence-electron chi connectivity index (χ4n) is 3.17. The zero-order valence-electron chi connectivity index (χ0n) is 15.7. The Morgan fingerprint density at radius 3 is 2.85 bits per heavy atom. The number of aromatic nitrogens is 3. The second-order valence-electron chi connectivity index (χ2n) is 6.61. The molecule has 8 heteroatoms. The maximum Gasteiger partial charge on any atom is 0.194 e. The first-order valence-electron chi connectivity index (χ1n) is 9.40. The normalized spacial score (nSPS) is 16.2. The molecule has 2 aromatic heterocycles. The van der Waals surface area contributed by atoms with E-state index < -0.39 is 0 Å². The van der Waals surface area contributed by atoms with Crippen LogP contribution in [0.4, 0.5) is 0 Å². The van der Waals surface area contributed by atoms with E-state index in [9.17, 15) is 0 Å². The third kappa shape index (κ3) is 5.08. The Bertz CT molecular complexity index is 672. The van der Waals surface area contributed by atoms with Crippen molar-refractivity contribution in [2.45, 2.75) is 33.2 Å². The molecule has 0 unspecified atom stereocenters. The predicted molar refractivity (Wildman–Crippen MR) is 101 cm³/mol. The first kappa shape index (κ1) is 18.4. The molecule has 2 aromatic rings. The molecule has 0 atom stereocenters. The first-order chi connectivity index (χ1) is 12.8. The average molecular weight is 359 g/mol. The molecule has 26 heavy (non-hydrogen) atoms. The van der Waals surface area contributed by atoms with Crippen molar-refractivity contribution in [2.24, 2.45) is 4.99 Å². The molecule has 0 amide bonds. The van der Waals surface area contributed by atoms with Crippen molar-refractivity contribution in [3.63, 3.8) is 0 Å². The molecule has 1 saturated heterocycles. The first-order valence-corrected chi connectivity index (χ1v) is 9.40. The Labute approximate surface area is 154 Å². The van der Waals surface area contributed by atoms with E-state index in [-0.39, 0.29) is 0 Å². The van der Waals surface area contributed by atoms with Gasteiger partial charge in [0.25, 0.3) is 0 Å². The van der Waals surface area contributed by atoms with E-state index in [0.29, 0.717) is 0 Å². The minimum absolute atomic E-state index is 0.826. The highest BCUT2D eigenvalue weighted by Gasteiger charge is 2.20. The highest BCUT2D eigenvalue weighted by atomic mass is 16.5. The molecule has 0 aliphatic carbocycles. The zero-order valence-corrected chi connectivity index (χ0v) is 15.7. The highest BCUT2D eigenvalue weighted by Crippen LogP contribution is 2.08. The summed E-state index contributed by atoms with van der Waals surface area (Å²) in [5.74, 6) is 1.03. The second-order valence-corrected chi connectivity index (χ2v) is 6.61. The van der Waals surface area contributed by atoms with Gasteiger partial charge < -0.3 is 14.7 Å². The number of rotatable bonds is 7. The molecule has 8 nitrogen and oxygen atoms in total. The van der Waals surface area contributed by atoms with Crippen LogP contribution >= 0.6 is 0 Å². The van der Waals surface area contributed by atoms with Gasteiger partial charge in [-0.05, 0) is 32.3 Å². The van der Waals surface area contributed by atoms with Gasteiger partial charge in [-0.25, -0.2) is 0 Å². The summed E-state index contributed by atoms with van der Waals surface area (Å²) >= 11 is 0. The van der Waals surface area contributed by atoms with Gasteiger partial charge in [-0.2, -0.15) is 5.10 Å². The third-order valence-electron chi connectivity index (χ3n) is 4.68. The van der Waals surface area contributed by atoms with Crippen LogP contribution in [-0.4, -0.2) is 70.4 Å². The average Bonchev–Trinajstić information content (AvgIpc) is 3.30. The van der Waals surface area contributed by atoms with E-state index in [4.69, 9.17) is 9.52 Å². The minimum atomic E-state index is 0.826. The van der Waals surface area contributed by atoms with Crippen molar-refractivity contribution in [2.75, 3.05) is 39.3 Å². The summed E-state index contributed by atoms with van der Waals surface area (Å²) in [4.78, 5) is 9.58. The highest BCUT2D eigenvalue weighted by molar-refractivity contribution is 5.80. The zero-order chi connectivity index (χ0) is 18.2. The number of aromatic amines is 1. The summed E-state index contributed by atoms with van der Waals surface area (Å²) in [5.41, 5.74) is 3.43. The second kappa shape index (κ2) is 9.38. The monoisotopic (exact) mass is 359 g/mol. The Morgan fingerprint density at radius 2 is 2.19 bits per heavy atom. The minimum Gasteiger partial charge on any atom is -0.364 e. The van der Waals surface area contributed by atoms with E-state index in [2.05, 4.69) is 44.3 Å². The Kier molecular flexibility index (Phi) is 6.65. The summed E-state index contributed by atoms with van der Waals surface area (Å²) in [6.45, 7) is 10.7. The van der Waals surface area contributed by atoms with Crippen molar-refractivity contribution in [1.29, 1.82) is 0 Å². The van der Waals surface area contributed by atoms with Gasteiger partial charge in [0.1, 0.15) is 6.26 Å². The summed E-state index contributed by atoms with van der Waals surface area (Å²) in [6, 6.07) is 1.93. The number of aliphatic imine (C=N–C) groups is 1. The van der Waals surface area contributed by atoms with Crippen LogP contribution in [0.2, 0.25) is 0 Å². The molecule has 1 fully saturated rings. The van der Waals surface area contributed by atoms with Crippen molar-refractivity contribution in [3.8, 4) is 0 Å². The van der Waals surface area contributed by atoms with Crippen molar-refractivity contribution < 1.29 is 4.52 Å². The van der Waals surface area contributed by atoms with Crippen LogP contribution in [0, 0.1) is 6.92 Å². The lowest BCUT2D eigenvalue weighted by atomic mass is 10.1. The SMILES string of the molecule is CCNC(=NCCCc1cn[nH]c1C)N1CCN(Cc2ccon2)CC1. The number of hydrogen-bond acceptors (Lipinski definition) is 5. The molecule has 3 rings (SSSR count). The van der Waals surface area contributed by atoms with Gasteiger partial charge in [0.2, 0.25) is 0 Å². The number of hydrogen-bond donors (Lipinski definition) is 2. The summed E-state index contributed by atoms with van der Waals surface area (Å²) in [5, 5.41) is 14.5. The van der Waals surface area contributed by atoms with E-state index in [1.54, 1.807) is 6.26 Å². The molecule has 0 radical (unpaired) electrons. The van der Waals surface area contributed by atoms with Gasteiger partial charge in [0, 0.05) is 57.6 Å². The van der Waals surface area contributed by atoms with Crippen LogP contribution in [-0.2, 0) is 13.0 Å². The van der Waals surface area contributed by atoms with Crippen LogP contribution < -0.4 is 5.32 Å². The molecule has 1 aliphatic heterocycles. The fraction of sp³-hybridized carbons (Fsp3) is 0.611. The van der Waals surface area contributed by atoms with E-state index in [1.165, 1.54) is 5.56 Å².